The van der Waals surface area contributed by atoms with Gasteiger partial charge in [-0.25, -0.2) is 0 Å². The van der Waals surface area contributed by atoms with Crippen LogP contribution in [0.1, 0.15) is 47.4 Å². The number of hydrogen-bond acceptors (Lipinski definition) is 5. The molecule has 3 rings (SSSR count). The molecule has 0 unspecified atom stereocenters. The van der Waals surface area contributed by atoms with E-state index in [-0.39, 0.29) is 18.6 Å². The molecule has 8 nitrogen and oxygen atoms in total. The molecule has 0 aromatic carbocycles. The standard InChI is InChI=1S/C17H26N6O2/c1-12-15(9-18-22(12)2)17(25)19-16-7-3-5-13(16)10-23-11-14(20-21-23)6-4-8-24/h9,11,13,16,24H,3-8,10H2,1-2H3,(H,19,25)/t13-,16-/m1/s1. The number of aryl methyl sites for hydroxylation is 2. The third-order valence-electron chi connectivity index (χ3n) is 5.05. The first-order chi connectivity index (χ1) is 12.1. The molecule has 0 bridgehead atoms. The van der Waals surface area contributed by atoms with E-state index in [0.29, 0.717) is 17.9 Å². The van der Waals surface area contributed by atoms with Crippen LogP contribution in [0.3, 0.4) is 0 Å². The van der Waals surface area contributed by atoms with Gasteiger partial charge in [-0.15, -0.1) is 5.10 Å². The number of carbonyl (C=O) groups is 1. The van der Waals surface area contributed by atoms with E-state index in [9.17, 15) is 4.79 Å². The minimum absolute atomic E-state index is 0.0512. The summed E-state index contributed by atoms with van der Waals surface area (Å²) in [5, 5.41) is 24.5. The zero-order valence-electron chi connectivity index (χ0n) is 14.9. The highest BCUT2D eigenvalue weighted by molar-refractivity contribution is 5.95. The highest BCUT2D eigenvalue weighted by atomic mass is 16.2. The molecule has 0 spiro atoms. The van der Waals surface area contributed by atoms with E-state index in [1.54, 1.807) is 10.9 Å². The topological polar surface area (TPSA) is 97.9 Å². The number of aliphatic hydroxyl groups is 1. The fourth-order valence-corrected chi connectivity index (χ4v) is 3.46. The predicted molar refractivity (Wildman–Crippen MR) is 92.0 cm³/mol. The Morgan fingerprint density at radius 1 is 1.44 bits per heavy atom. The lowest BCUT2D eigenvalue weighted by Crippen LogP contribution is -2.39. The lowest BCUT2D eigenvalue weighted by atomic mass is 10.0. The van der Waals surface area contributed by atoms with Crippen LogP contribution in [0.5, 0.6) is 0 Å². The first-order valence-corrected chi connectivity index (χ1v) is 8.88. The zero-order valence-corrected chi connectivity index (χ0v) is 14.9. The zero-order chi connectivity index (χ0) is 17.8. The number of nitrogens with zero attached hydrogens (tertiary/aromatic N) is 5. The summed E-state index contributed by atoms with van der Waals surface area (Å²) in [6, 6.07) is 0.150. The molecule has 0 aliphatic heterocycles. The van der Waals surface area contributed by atoms with E-state index in [4.69, 9.17) is 5.11 Å². The van der Waals surface area contributed by atoms with Gasteiger partial charge < -0.3 is 10.4 Å². The quantitative estimate of drug-likeness (QED) is 0.774. The molecule has 1 fully saturated rings. The maximum absolute atomic E-state index is 12.5. The molecule has 136 valence electrons. The number of nitrogens with one attached hydrogen (secondary N) is 1. The molecular weight excluding hydrogens is 320 g/mol. The van der Waals surface area contributed by atoms with Crippen LogP contribution < -0.4 is 5.32 Å². The minimum atomic E-state index is -0.0512. The number of amides is 1. The second-order valence-electron chi connectivity index (χ2n) is 6.80. The number of hydrogen-bond donors (Lipinski definition) is 2. The Bertz CT molecular complexity index is 723. The Hall–Kier alpha value is -2.22. The monoisotopic (exact) mass is 346 g/mol. The van der Waals surface area contributed by atoms with Crippen molar-refractivity contribution in [3.8, 4) is 0 Å². The van der Waals surface area contributed by atoms with Crippen molar-refractivity contribution < 1.29 is 9.90 Å². The highest BCUT2D eigenvalue weighted by Crippen LogP contribution is 2.27. The molecule has 1 aliphatic carbocycles. The number of aromatic nitrogens is 5. The van der Waals surface area contributed by atoms with Crippen molar-refractivity contribution >= 4 is 5.91 Å². The van der Waals surface area contributed by atoms with Gasteiger partial charge in [-0.3, -0.25) is 14.2 Å². The van der Waals surface area contributed by atoms with Crippen molar-refractivity contribution in [3.63, 3.8) is 0 Å². The van der Waals surface area contributed by atoms with Crippen molar-refractivity contribution in [2.75, 3.05) is 6.61 Å². The van der Waals surface area contributed by atoms with Gasteiger partial charge in [-0.05, 0) is 38.5 Å². The van der Waals surface area contributed by atoms with E-state index in [2.05, 4.69) is 20.7 Å². The van der Waals surface area contributed by atoms with Crippen LogP contribution in [0.25, 0.3) is 0 Å². The van der Waals surface area contributed by atoms with Crippen molar-refractivity contribution in [2.45, 2.75) is 51.6 Å². The Kier molecular flexibility index (Phi) is 5.47. The molecule has 2 aromatic rings. The second kappa shape index (κ2) is 7.77. The van der Waals surface area contributed by atoms with Gasteiger partial charge in [0.05, 0.1) is 17.5 Å². The average Bonchev–Trinajstić information content (AvgIpc) is 3.30. The summed E-state index contributed by atoms with van der Waals surface area (Å²) in [5.74, 6) is 0.304. The van der Waals surface area contributed by atoms with Crippen molar-refractivity contribution in [1.29, 1.82) is 0 Å². The average molecular weight is 346 g/mol. The molecule has 0 radical (unpaired) electrons. The Morgan fingerprint density at radius 2 is 2.28 bits per heavy atom. The van der Waals surface area contributed by atoms with Gasteiger partial charge in [-0.2, -0.15) is 5.10 Å². The van der Waals surface area contributed by atoms with E-state index in [1.165, 1.54) is 0 Å². The maximum atomic E-state index is 12.5. The Morgan fingerprint density at radius 3 is 3.00 bits per heavy atom. The Balaban J connectivity index is 1.59. The van der Waals surface area contributed by atoms with Crippen molar-refractivity contribution in [1.82, 2.24) is 30.1 Å². The predicted octanol–water partition coefficient (Wildman–Crippen LogP) is 0.844. The van der Waals surface area contributed by atoms with Crippen molar-refractivity contribution in [3.05, 3.63) is 29.3 Å². The van der Waals surface area contributed by atoms with Gasteiger partial charge in [0.2, 0.25) is 0 Å². The van der Waals surface area contributed by atoms with E-state index < -0.39 is 0 Å². The van der Waals surface area contributed by atoms with Gasteiger partial charge in [0, 0.05) is 38.1 Å². The third-order valence-corrected chi connectivity index (χ3v) is 5.05. The molecule has 2 atom stereocenters. The van der Waals surface area contributed by atoms with Crippen molar-refractivity contribution in [2.24, 2.45) is 13.0 Å². The summed E-state index contributed by atoms with van der Waals surface area (Å²) in [6.45, 7) is 2.82. The summed E-state index contributed by atoms with van der Waals surface area (Å²) < 4.78 is 3.57. The van der Waals surface area contributed by atoms with Crippen LogP contribution >= 0.6 is 0 Å². The lowest BCUT2D eigenvalue weighted by molar-refractivity contribution is 0.0924. The molecule has 0 saturated heterocycles. The fourth-order valence-electron chi connectivity index (χ4n) is 3.46. The molecule has 1 aliphatic rings. The lowest BCUT2D eigenvalue weighted by Gasteiger charge is -2.20. The Labute approximate surface area is 147 Å². The van der Waals surface area contributed by atoms with Crippen LogP contribution in [0, 0.1) is 12.8 Å². The molecular formula is C17H26N6O2. The summed E-state index contributed by atoms with van der Waals surface area (Å²) in [7, 11) is 1.84. The molecule has 25 heavy (non-hydrogen) atoms. The highest BCUT2D eigenvalue weighted by Gasteiger charge is 2.30. The maximum Gasteiger partial charge on any atom is 0.254 e. The summed E-state index contributed by atoms with van der Waals surface area (Å²) in [6.07, 6.45) is 8.17. The van der Waals surface area contributed by atoms with E-state index in [0.717, 1.165) is 43.6 Å². The first kappa shape index (κ1) is 17.6. The molecule has 1 amide bonds. The van der Waals surface area contributed by atoms with Crippen LogP contribution in [0.4, 0.5) is 0 Å². The number of aliphatic hydroxyl groups excluding tert-OH is 1. The van der Waals surface area contributed by atoms with Crippen LogP contribution in [-0.2, 0) is 20.0 Å². The normalized spacial score (nSPS) is 20.1. The second-order valence-corrected chi connectivity index (χ2v) is 6.80. The molecule has 2 N–H and O–H groups in total. The van der Waals surface area contributed by atoms with Gasteiger partial charge in [0.25, 0.3) is 5.91 Å². The van der Waals surface area contributed by atoms with Gasteiger partial charge >= 0.3 is 0 Å². The third kappa shape index (κ3) is 4.07. The van der Waals surface area contributed by atoms with Gasteiger partial charge in [0.15, 0.2) is 0 Å². The summed E-state index contributed by atoms with van der Waals surface area (Å²) >= 11 is 0. The summed E-state index contributed by atoms with van der Waals surface area (Å²) in [4.78, 5) is 12.5. The van der Waals surface area contributed by atoms with Gasteiger partial charge in [0.1, 0.15) is 0 Å². The van der Waals surface area contributed by atoms with E-state index >= 15 is 0 Å². The molecule has 1 saturated carbocycles. The molecule has 8 heteroatoms. The number of rotatable bonds is 7. The number of carbonyl (C=O) groups excluding carboxylic acids is 1. The largest absolute Gasteiger partial charge is 0.396 e. The SMILES string of the molecule is Cc1c(C(=O)N[C@@H]2CCC[C@@H]2Cn2cc(CCCO)nn2)cnn1C. The molecule has 2 heterocycles. The van der Waals surface area contributed by atoms with E-state index in [1.807, 2.05) is 24.9 Å². The minimum Gasteiger partial charge on any atom is -0.396 e. The summed E-state index contributed by atoms with van der Waals surface area (Å²) in [5.41, 5.74) is 2.41. The smallest absolute Gasteiger partial charge is 0.254 e. The van der Waals surface area contributed by atoms with Crippen LogP contribution in [0.15, 0.2) is 12.4 Å². The van der Waals surface area contributed by atoms with Gasteiger partial charge in [-0.1, -0.05) is 11.6 Å². The molecule has 2 aromatic heterocycles. The first-order valence-electron chi connectivity index (χ1n) is 8.88. The van der Waals surface area contributed by atoms with Crippen LogP contribution in [0.2, 0.25) is 0 Å². The van der Waals surface area contributed by atoms with Crippen LogP contribution in [-0.4, -0.2) is 48.4 Å². The fraction of sp³-hybridized carbons (Fsp3) is 0.647.